The molecule has 1 atom stereocenters. The van der Waals surface area contributed by atoms with Crippen molar-refractivity contribution in [3.8, 4) is 0 Å². The Morgan fingerprint density at radius 3 is 2.00 bits per heavy atom. The van der Waals surface area contributed by atoms with E-state index in [0.29, 0.717) is 6.04 Å². The first-order chi connectivity index (χ1) is 5.07. The molecule has 0 rings (SSSR count). The molecule has 0 saturated heterocycles. The molecule has 1 N–H and O–H groups in total. The normalized spacial score (nSPS) is 14.5. The van der Waals surface area contributed by atoms with Gasteiger partial charge in [0.25, 0.3) is 0 Å². The Bertz CT molecular complexity index is 94.1. The fraction of sp³-hybridized carbons (Fsp3) is 1.00. The highest BCUT2D eigenvalue weighted by Gasteiger charge is 2.08. The Morgan fingerprint density at radius 1 is 1.18 bits per heavy atom. The van der Waals surface area contributed by atoms with E-state index in [1.54, 1.807) is 0 Å². The first kappa shape index (κ1) is 10.9. The van der Waals surface area contributed by atoms with Crippen molar-refractivity contribution in [3.63, 3.8) is 0 Å². The van der Waals surface area contributed by atoms with E-state index in [4.69, 9.17) is 5.11 Å². The van der Waals surface area contributed by atoms with Gasteiger partial charge in [-0.1, -0.05) is 0 Å². The number of hydrogen-bond acceptors (Lipinski definition) is 3. The number of nitrogens with zero attached hydrogens (tertiary/aromatic N) is 2. The van der Waals surface area contributed by atoms with E-state index in [1.807, 2.05) is 28.2 Å². The molecule has 0 bridgehead atoms. The zero-order valence-electron chi connectivity index (χ0n) is 8.04. The van der Waals surface area contributed by atoms with E-state index in [2.05, 4.69) is 9.80 Å². The minimum Gasteiger partial charge on any atom is -0.395 e. The molecule has 68 valence electrons. The van der Waals surface area contributed by atoms with Crippen molar-refractivity contribution in [1.82, 2.24) is 9.80 Å². The predicted molar refractivity (Wildman–Crippen MR) is 47.7 cm³/mol. The minimum absolute atomic E-state index is 0.251. The topological polar surface area (TPSA) is 26.7 Å². The van der Waals surface area contributed by atoms with Gasteiger partial charge < -0.3 is 14.9 Å². The first-order valence-electron chi connectivity index (χ1n) is 4.00. The van der Waals surface area contributed by atoms with Crippen molar-refractivity contribution in [3.05, 3.63) is 0 Å². The summed E-state index contributed by atoms with van der Waals surface area (Å²) >= 11 is 0. The maximum Gasteiger partial charge on any atom is 0.0587 e. The Balaban J connectivity index is 3.52. The van der Waals surface area contributed by atoms with Crippen molar-refractivity contribution in [2.45, 2.75) is 12.5 Å². The van der Waals surface area contributed by atoms with Gasteiger partial charge in [0.15, 0.2) is 0 Å². The third-order valence-electron chi connectivity index (χ3n) is 1.85. The smallest absolute Gasteiger partial charge is 0.0587 e. The maximum absolute atomic E-state index is 8.95. The van der Waals surface area contributed by atoms with E-state index >= 15 is 0 Å². The van der Waals surface area contributed by atoms with E-state index in [0.717, 1.165) is 13.0 Å². The van der Waals surface area contributed by atoms with Crippen LogP contribution in [0.1, 0.15) is 6.42 Å². The lowest BCUT2D eigenvalue weighted by atomic mass is 10.2. The molecule has 0 fully saturated rings. The second kappa shape index (κ2) is 5.52. The highest BCUT2D eigenvalue weighted by Crippen LogP contribution is 1.98. The molecule has 0 aromatic carbocycles. The standard InChI is InChI=1S/C8H20N2O/c1-9(2)6-5-8(7-11)10(3)4/h8,11H,5-7H2,1-4H3. The van der Waals surface area contributed by atoms with Crippen LogP contribution in [0.4, 0.5) is 0 Å². The quantitative estimate of drug-likeness (QED) is 0.606. The Morgan fingerprint density at radius 2 is 1.73 bits per heavy atom. The van der Waals surface area contributed by atoms with Crippen molar-refractivity contribution >= 4 is 0 Å². The number of aliphatic hydroxyl groups is 1. The van der Waals surface area contributed by atoms with Crippen LogP contribution in [0.5, 0.6) is 0 Å². The van der Waals surface area contributed by atoms with Crippen LogP contribution in [0.2, 0.25) is 0 Å². The van der Waals surface area contributed by atoms with Crippen LogP contribution in [0.25, 0.3) is 0 Å². The lowest BCUT2D eigenvalue weighted by Gasteiger charge is -2.23. The SMILES string of the molecule is CN(C)CCC(CO)N(C)C. The summed E-state index contributed by atoms with van der Waals surface area (Å²) in [7, 11) is 8.08. The highest BCUT2D eigenvalue weighted by atomic mass is 16.3. The van der Waals surface area contributed by atoms with Crippen molar-refractivity contribution < 1.29 is 5.11 Å². The van der Waals surface area contributed by atoms with Gasteiger partial charge in [0.2, 0.25) is 0 Å². The molecule has 3 nitrogen and oxygen atoms in total. The third-order valence-corrected chi connectivity index (χ3v) is 1.85. The van der Waals surface area contributed by atoms with Crippen LogP contribution in [0.3, 0.4) is 0 Å². The number of aliphatic hydroxyl groups excluding tert-OH is 1. The van der Waals surface area contributed by atoms with E-state index in [1.165, 1.54) is 0 Å². The van der Waals surface area contributed by atoms with Gasteiger partial charge in [-0.25, -0.2) is 0 Å². The summed E-state index contributed by atoms with van der Waals surface area (Å²) in [6, 6.07) is 0.303. The zero-order chi connectivity index (χ0) is 8.85. The van der Waals surface area contributed by atoms with Gasteiger partial charge in [-0.05, 0) is 41.2 Å². The Hall–Kier alpha value is -0.120. The van der Waals surface area contributed by atoms with E-state index in [-0.39, 0.29) is 6.61 Å². The fourth-order valence-corrected chi connectivity index (χ4v) is 0.920. The number of rotatable bonds is 5. The fourth-order valence-electron chi connectivity index (χ4n) is 0.920. The molecule has 0 radical (unpaired) electrons. The predicted octanol–water partition coefficient (Wildman–Crippen LogP) is -0.139. The van der Waals surface area contributed by atoms with Gasteiger partial charge in [-0.3, -0.25) is 0 Å². The number of likely N-dealkylation sites (N-methyl/N-ethyl adjacent to an activating group) is 1. The largest absolute Gasteiger partial charge is 0.395 e. The Kier molecular flexibility index (Phi) is 5.46. The van der Waals surface area contributed by atoms with Gasteiger partial charge in [0, 0.05) is 6.04 Å². The van der Waals surface area contributed by atoms with Gasteiger partial charge in [0.1, 0.15) is 0 Å². The van der Waals surface area contributed by atoms with Gasteiger partial charge in [-0.15, -0.1) is 0 Å². The first-order valence-corrected chi connectivity index (χ1v) is 4.00. The molecular formula is C8H20N2O. The molecule has 0 heterocycles. The summed E-state index contributed by atoms with van der Waals surface area (Å²) < 4.78 is 0. The molecule has 0 aromatic rings. The molecule has 11 heavy (non-hydrogen) atoms. The maximum atomic E-state index is 8.95. The lowest BCUT2D eigenvalue weighted by molar-refractivity contribution is 0.153. The molecule has 0 aromatic heterocycles. The van der Waals surface area contributed by atoms with Crippen molar-refractivity contribution in [2.24, 2.45) is 0 Å². The van der Waals surface area contributed by atoms with E-state index < -0.39 is 0 Å². The monoisotopic (exact) mass is 160 g/mol. The third kappa shape index (κ3) is 5.18. The summed E-state index contributed by atoms with van der Waals surface area (Å²) in [6.07, 6.45) is 1.02. The van der Waals surface area contributed by atoms with Gasteiger partial charge in [0.05, 0.1) is 6.61 Å². The summed E-state index contributed by atoms with van der Waals surface area (Å²) in [5.74, 6) is 0. The highest BCUT2D eigenvalue weighted by molar-refractivity contribution is 4.65. The number of hydrogen-bond donors (Lipinski definition) is 1. The van der Waals surface area contributed by atoms with Gasteiger partial charge >= 0.3 is 0 Å². The second-order valence-electron chi connectivity index (χ2n) is 3.39. The second-order valence-corrected chi connectivity index (χ2v) is 3.39. The van der Waals surface area contributed by atoms with Crippen LogP contribution in [0, 0.1) is 0 Å². The van der Waals surface area contributed by atoms with Crippen molar-refractivity contribution in [2.75, 3.05) is 41.3 Å². The molecule has 0 saturated carbocycles. The molecule has 3 heteroatoms. The average molecular weight is 160 g/mol. The summed E-state index contributed by atoms with van der Waals surface area (Å²) in [6.45, 7) is 1.28. The van der Waals surface area contributed by atoms with Crippen LogP contribution >= 0.6 is 0 Å². The molecule has 0 aliphatic heterocycles. The molecule has 0 aliphatic carbocycles. The molecular weight excluding hydrogens is 140 g/mol. The van der Waals surface area contributed by atoms with Crippen LogP contribution < -0.4 is 0 Å². The molecule has 0 amide bonds. The van der Waals surface area contributed by atoms with Crippen LogP contribution in [-0.2, 0) is 0 Å². The molecule has 0 aliphatic rings. The summed E-state index contributed by atoms with van der Waals surface area (Å²) in [4.78, 5) is 4.19. The molecule has 1 unspecified atom stereocenters. The van der Waals surface area contributed by atoms with Crippen LogP contribution in [0.15, 0.2) is 0 Å². The van der Waals surface area contributed by atoms with Crippen molar-refractivity contribution in [1.29, 1.82) is 0 Å². The van der Waals surface area contributed by atoms with E-state index in [9.17, 15) is 0 Å². The van der Waals surface area contributed by atoms with Crippen LogP contribution in [-0.4, -0.2) is 62.3 Å². The summed E-state index contributed by atoms with van der Waals surface area (Å²) in [5, 5.41) is 8.95. The lowest BCUT2D eigenvalue weighted by Crippen LogP contribution is -2.34. The Labute approximate surface area is 69.6 Å². The molecule has 0 spiro atoms. The zero-order valence-corrected chi connectivity index (χ0v) is 8.04. The summed E-state index contributed by atoms with van der Waals surface area (Å²) in [5.41, 5.74) is 0. The van der Waals surface area contributed by atoms with Gasteiger partial charge in [-0.2, -0.15) is 0 Å². The average Bonchev–Trinajstić information content (AvgIpc) is 1.87. The minimum atomic E-state index is 0.251.